The van der Waals surface area contributed by atoms with Crippen LogP contribution in [-0.4, -0.2) is 0 Å². The second kappa shape index (κ2) is 2.91. The van der Waals surface area contributed by atoms with Crippen LogP contribution in [0.15, 0.2) is 40.5 Å². The molecular formula is C15H18O. The van der Waals surface area contributed by atoms with E-state index in [0.717, 1.165) is 18.6 Å². The van der Waals surface area contributed by atoms with E-state index in [1.54, 1.807) is 0 Å². The molecule has 1 nitrogen and oxygen atoms in total. The molecule has 1 aromatic rings. The Morgan fingerprint density at radius 3 is 2.88 bits per heavy atom. The third-order valence-electron chi connectivity index (χ3n) is 4.11. The van der Waals surface area contributed by atoms with Crippen molar-refractivity contribution in [3.05, 3.63) is 47.5 Å². The van der Waals surface area contributed by atoms with Crippen LogP contribution in [0.2, 0.25) is 0 Å². The summed E-state index contributed by atoms with van der Waals surface area (Å²) in [6, 6.07) is 2.10. The van der Waals surface area contributed by atoms with Crippen molar-refractivity contribution in [1.82, 2.24) is 0 Å². The van der Waals surface area contributed by atoms with Crippen molar-refractivity contribution >= 4 is 0 Å². The lowest BCUT2D eigenvalue weighted by Crippen LogP contribution is -2.36. The van der Waals surface area contributed by atoms with Gasteiger partial charge in [0.05, 0.1) is 11.7 Å². The van der Waals surface area contributed by atoms with Crippen molar-refractivity contribution in [3.63, 3.8) is 0 Å². The molecule has 0 spiro atoms. The highest BCUT2D eigenvalue weighted by Crippen LogP contribution is 2.51. The number of hydrogen-bond acceptors (Lipinski definition) is 1. The molecule has 0 saturated heterocycles. The molecule has 0 bridgehead atoms. The van der Waals surface area contributed by atoms with Gasteiger partial charge in [0.1, 0.15) is 5.76 Å². The molecule has 1 heteroatoms. The second-order valence-electron chi connectivity index (χ2n) is 5.79. The zero-order valence-corrected chi connectivity index (χ0v) is 10.2. The molecule has 0 fully saturated rings. The van der Waals surface area contributed by atoms with E-state index in [2.05, 4.69) is 45.1 Å². The molecule has 0 aromatic carbocycles. The van der Waals surface area contributed by atoms with E-state index in [1.165, 1.54) is 11.1 Å². The lowest BCUT2D eigenvalue weighted by molar-refractivity contribution is 0.336. The second-order valence-corrected chi connectivity index (χ2v) is 5.79. The van der Waals surface area contributed by atoms with Gasteiger partial charge in [-0.25, -0.2) is 0 Å². The van der Waals surface area contributed by atoms with Gasteiger partial charge in [-0.1, -0.05) is 37.6 Å². The summed E-state index contributed by atoms with van der Waals surface area (Å²) in [7, 11) is 0. The van der Waals surface area contributed by atoms with Gasteiger partial charge in [0.2, 0.25) is 0 Å². The minimum absolute atomic E-state index is 0.0150. The highest BCUT2D eigenvalue weighted by atomic mass is 16.3. The smallest absolute Gasteiger partial charge is 0.120 e. The molecule has 0 radical (unpaired) electrons. The van der Waals surface area contributed by atoms with Crippen LogP contribution in [0.5, 0.6) is 0 Å². The summed E-state index contributed by atoms with van der Waals surface area (Å²) < 4.78 is 5.73. The summed E-state index contributed by atoms with van der Waals surface area (Å²) in [5, 5.41) is 0. The standard InChI is InChI=1S/C15H18O/c1-14(2)8-4-9-15(3)12(14)6-5-11-7-10-16-13(11)15/h4,6-7,9-10H,5,8H2,1-3H3/t15-/m0/s1. The summed E-state index contributed by atoms with van der Waals surface area (Å²) in [5.74, 6) is 1.15. The van der Waals surface area contributed by atoms with Gasteiger partial charge in [-0.15, -0.1) is 0 Å². The maximum absolute atomic E-state index is 5.73. The van der Waals surface area contributed by atoms with E-state index < -0.39 is 0 Å². The van der Waals surface area contributed by atoms with Crippen LogP contribution in [0.3, 0.4) is 0 Å². The Morgan fingerprint density at radius 2 is 2.06 bits per heavy atom. The predicted molar refractivity (Wildman–Crippen MR) is 65.4 cm³/mol. The molecular weight excluding hydrogens is 196 g/mol. The molecule has 0 aliphatic heterocycles. The van der Waals surface area contributed by atoms with E-state index in [-0.39, 0.29) is 10.8 Å². The molecule has 84 valence electrons. The zero-order valence-electron chi connectivity index (χ0n) is 10.2. The SMILES string of the molecule is CC1(C)CC=C[C@@]2(C)C1=CCc1ccoc12. The third-order valence-corrected chi connectivity index (χ3v) is 4.11. The fourth-order valence-corrected chi connectivity index (χ4v) is 3.34. The van der Waals surface area contributed by atoms with Crippen molar-refractivity contribution in [2.45, 2.75) is 39.0 Å². The molecule has 0 N–H and O–H groups in total. The Hall–Kier alpha value is -1.24. The largest absolute Gasteiger partial charge is 0.468 e. The first kappa shape index (κ1) is 9.95. The highest BCUT2D eigenvalue weighted by Gasteiger charge is 2.44. The van der Waals surface area contributed by atoms with E-state index in [4.69, 9.17) is 4.42 Å². The Morgan fingerprint density at radius 1 is 1.25 bits per heavy atom. The number of fused-ring (bicyclic) bond motifs is 3. The maximum atomic E-state index is 5.73. The summed E-state index contributed by atoms with van der Waals surface area (Å²) in [4.78, 5) is 0. The van der Waals surface area contributed by atoms with Crippen LogP contribution in [0.1, 0.15) is 38.5 Å². The van der Waals surface area contributed by atoms with E-state index in [0.29, 0.717) is 0 Å². The fraction of sp³-hybridized carbons (Fsp3) is 0.467. The van der Waals surface area contributed by atoms with Gasteiger partial charge < -0.3 is 4.42 Å². The van der Waals surface area contributed by atoms with Crippen molar-refractivity contribution < 1.29 is 4.42 Å². The van der Waals surface area contributed by atoms with E-state index >= 15 is 0 Å². The molecule has 2 aliphatic carbocycles. The Balaban J connectivity index is 2.23. The van der Waals surface area contributed by atoms with Gasteiger partial charge in [-0.2, -0.15) is 0 Å². The molecule has 0 saturated carbocycles. The zero-order chi connectivity index (χ0) is 11.4. The number of rotatable bonds is 0. The van der Waals surface area contributed by atoms with Crippen molar-refractivity contribution in [1.29, 1.82) is 0 Å². The van der Waals surface area contributed by atoms with Gasteiger partial charge in [0, 0.05) is 0 Å². The average Bonchev–Trinajstić information content (AvgIpc) is 2.65. The molecule has 3 rings (SSSR count). The highest BCUT2D eigenvalue weighted by molar-refractivity contribution is 5.49. The van der Waals surface area contributed by atoms with Crippen LogP contribution in [0.25, 0.3) is 0 Å². The van der Waals surface area contributed by atoms with Crippen LogP contribution in [0.4, 0.5) is 0 Å². The summed E-state index contributed by atoms with van der Waals surface area (Å²) in [5.41, 5.74) is 3.10. The van der Waals surface area contributed by atoms with Crippen LogP contribution in [-0.2, 0) is 11.8 Å². The number of furan rings is 1. The van der Waals surface area contributed by atoms with Gasteiger partial charge in [0.15, 0.2) is 0 Å². The van der Waals surface area contributed by atoms with Crippen LogP contribution >= 0.6 is 0 Å². The van der Waals surface area contributed by atoms with Crippen LogP contribution < -0.4 is 0 Å². The van der Waals surface area contributed by atoms with Gasteiger partial charge >= 0.3 is 0 Å². The minimum atomic E-state index is -0.0150. The third kappa shape index (κ3) is 1.12. The lowest BCUT2D eigenvalue weighted by atomic mass is 9.60. The maximum Gasteiger partial charge on any atom is 0.120 e. The van der Waals surface area contributed by atoms with Gasteiger partial charge in [-0.3, -0.25) is 0 Å². The Bertz CT molecular complexity index is 487. The fourth-order valence-electron chi connectivity index (χ4n) is 3.34. The first-order chi connectivity index (χ1) is 7.54. The molecule has 1 aromatic heterocycles. The first-order valence-electron chi connectivity index (χ1n) is 6.00. The Labute approximate surface area is 96.8 Å². The monoisotopic (exact) mass is 214 g/mol. The van der Waals surface area contributed by atoms with E-state index in [1.807, 2.05) is 6.26 Å². The van der Waals surface area contributed by atoms with Crippen molar-refractivity contribution in [3.8, 4) is 0 Å². The van der Waals surface area contributed by atoms with E-state index in [9.17, 15) is 0 Å². The summed E-state index contributed by atoms with van der Waals surface area (Å²) in [6.45, 7) is 6.93. The predicted octanol–water partition coefficient (Wildman–Crippen LogP) is 4.01. The summed E-state index contributed by atoms with van der Waals surface area (Å²) in [6.07, 6.45) is 11.0. The minimum Gasteiger partial charge on any atom is -0.468 e. The van der Waals surface area contributed by atoms with Gasteiger partial charge in [-0.05, 0) is 36.8 Å². The number of allylic oxidation sites excluding steroid dienone is 4. The molecule has 1 heterocycles. The molecule has 1 atom stereocenters. The van der Waals surface area contributed by atoms with Gasteiger partial charge in [0.25, 0.3) is 0 Å². The molecule has 0 amide bonds. The van der Waals surface area contributed by atoms with Crippen molar-refractivity contribution in [2.75, 3.05) is 0 Å². The van der Waals surface area contributed by atoms with Crippen LogP contribution in [0, 0.1) is 5.41 Å². The average molecular weight is 214 g/mol. The molecule has 2 aliphatic rings. The molecule has 0 unspecified atom stereocenters. The Kier molecular flexibility index (Phi) is 1.81. The first-order valence-corrected chi connectivity index (χ1v) is 6.00. The number of hydrogen-bond donors (Lipinski definition) is 0. The lowest BCUT2D eigenvalue weighted by Gasteiger charge is -2.43. The normalized spacial score (nSPS) is 30.6. The van der Waals surface area contributed by atoms with Crippen molar-refractivity contribution in [2.24, 2.45) is 5.41 Å². The quantitative estimate of drug-likeness (QED) is 0.595. The molecule has 16 heavy (non-hydrogen) atoms. The topological polar surface area (TPSA) is 13.1 Å². The summed E-state index contributed by atoms with van der Waals surface area (Å²) >= 11 is 0.